The van der Waals surface area contributed by atoms with Crippen LogP contribution in [-0.4, -0.2) is 36.6 Å². The fourth-order valence-corrected chi connectivity index (χ4v) is 2.87. The standard InChI is InChI=1S/C15H30N2/c1-12-8-10-17(11-13(12)2)14(3)5-4-9-16-15-6-7-15/h12-16H,4-11H2,1-3H3. The highest BCUT2D eigenvalue weighted by atomic mass is 15.2. The molecule has 1 aliphatic carbocycles. The van der Waals surface area contributed by atoms with E-state index in [9.17, 15) is 0 Å². The van der Waals surface area contributed by atoms with Crippen LogP contribution in [0.1, 0.15) is 52.9 Å². The normalized spacial score (nSPS) is 32.6. The van der Waals surface area contributed by atoms with Gasteiger partial charge >= 0.3 is 0 Å². The molecule has 0 aromatic carbocycles. The molecule has 2 fully saturated rings. The summed E-state index contributed by atoms with van der Waals surface area (Å²) in [4.78, 5) is 2.71. The van der Waals surface area contributed by atoms with Crippen LogP contribution >= 0.6 is 0 Å². The Morgan fingerprint density at radius 3 is 2.59 bits per heavy atom. The second kappa shape index (κ2) is 6.19. The first-order chi connectivity index (χ1) is 8.16. The Bertz CT molecular complexity index is 225. The Kier molecular flexibility index (Phi) is 4.87. The molecule has 1 aliphatic heterocycles. The van der Waals surface area contributed by atoms with Gasteiger partial charge in [-0.3, -0.25) is 0 Å². The average Bonchev–Trinajstić information content (AvgIpc) is 3.12. The first kappa shape index (κ1) is 13.4. The van der Waals surface area contributed by atoms with E-state index in [0.717, 1.165) is 23.9 Å². The topological polar surface area (TPSA) is 15.3 Å². The van der Waals surface area contributed by atoms with Gasteiger partial charge in [0.25, 0.3) is 0 Å². The molecule has 2 rings (SSSR count). The Balaban J connectivity index is 1.59. The average molecular weight is 238 g/mol. The summed E-state index contributed by atoms with van der Waals surface area (Å²) in [6.07, 6.45) is 6.93. The maximum absolute atomic E-state index is 3.61. The lowest BCUT2D eigenvalue weighted by Gasteiger charge is -2.39. The zero-order valence-corrected chi connectivity index (χ0v) is 11.9. The molecule has 2 nitrogen and oxygen atoms in total. The summed E-state index contributed by atoms with van der Waals surface area (Å²) in [5.74, 6) is 1.81. The molecule has 0 radical (unpaired) electrons. The van der Waals surface area contributed by atoms with E-state index in [1.54, 1.807) is 0 Å². The van der Waals surface area contributed by atoms with Gasteiger partial charge in [-0.05, 0) is 64.0 Å². The predicted octanol–water partition coefficient (Wildman–Crippen LogP) is 2.89. The van der Waals surface area contributed by atoms with Gasteiger partial charge in [0.05, 0.1) is 0 Å². The molecule has 100 valence electrons. The highest BCUT2D eigenvalue weighted by Crippen LogP contribution is 2.25. The van der Waals surface area contributed by atoms with Crippen LogP contribution in [0, 0.1) is 11.8 Å². The number of nitrogens with zero attached hydrogens (tertiary/aromatic N) is 1. The Hall–Kier alpha value is -0.0800. The third-order valence-corrected chi connectivity index (χ3v) is 4.80. The van der Waals surface area contributed by atoms with Crippen molar-refractivity contribution in [2.45, 2.75) is 65.0 Å². The monoisotopic (exact) mass is 238 g/mol. The molecule has 0 spiro atoms. The molecule has 0 aromatic rings. The van der Waals surface area contributed by atoms with E-state index in [2.05, 4.69) is 31.0 Å². The number of nitrogens with one attached hydrogen (secondary N) is 1. The molecule has 0 bridgehead atoms. The summed E-state index contributed by atoms with van der Waals surface area (Å²) >= 11 is 0. The smallest absolute Gasteiger partial charge is 0.00682 e. The van der Waals surface area contributed by atoms with E-state index >= 15 is 0 Å². The molecular weight excluding hydrogens is 208 g/mol. The molecule has 2 heteroatoms. The summed E-state index contributed by atoms with van der Waals surface area (Å²) in [6, 6.07) is 1.66. The van der Waals surface area contributed by atoms with Gasteiger partial charge in [0.15, 0.2) is 0 Å². The fourth-order valence-electron chi connectivity index (χ4n) is 2.87. The number of rotatable bonds is 6. The summed E-state index contributed by atoms with van der Waals surface area (Å²) in [6.45, 7) is 11.1. The third-order valence-electron chi connectivity index (χ3n) is 4.80. The minimum absolute atomic E-state index is 0.783. The Labute approximate surface area is 107 Å². The molecule has 3 atom stereocenters. The minimum Gasteiger partial charge on any atom is -0.314 e. The Morgan fingerprint density at radius 1 is 1.18 bits per heavy atom. The molecule has 3 unspecified atom stereocenters. The van der Waals surface area contributed by atoms with Crippen LogP contribution in [-0.2, 0) is 0 Å². The van der Waals surface area contributed by atoms with E-state index < -0.39 is 0 Å². The highest BCUT2D eigenvalue weighted by Gasteiger charge is 2.25. The molecule has 1 saturated carbocycles. The second-order valence-corrected chi connectivity index (χ2v) is 6.46. The highest BCUT2D eigenvalue weighted by molar-refractivity contribution is 4.81. The van der Waals surface area contributed by atoms with Crippen molar-refractivity contribution in [1.29, 1.82) is 0 Å². The molecular formula is C15H30N2. The SMILES string of the molecule is CC1CCN(C(C)CCCNC2CC2)CC1C. The van der Waals surface area contributed by atoms with Gasteiger partial charge in [-0.25, -0.2) is 0 Å². The van der Waals surface area contributed by atoms with E-state index in [1.807, 2.05) is 0 Å². The van der Waals surface area contributed by atoms with Crippen molar-refractivity contribution in [2.75, 3.05) is 19.6 Å². The maximum Gasteiger partial charge on any atom is 0.00682 e. The van der Waals surface area contributed by atoms with Crippen molar-refractivity contribution < 1.29 is 0 Å². The fraction of sp³-hybridized carbons (Fsp3) is 1.00. The van der Waals surface area contributed by atoms with Gasteiger partial charge in [0.2, 0.25) is 0 Å². The summed E-state index contributed by atoms with van der Waals surface area (Å²) in [5, 5.41) is 3.61. The molecule has 1 N–H and O–H groups in total. The van der Waals surface area contributed by atoms with E-state index in [1.165, 1.54) is 51.7 Å². The van der Waals surface area contributed by atoms with Crippen molar-refractivity contribution in [3.63, 3.8) is 0 Å². The van der Waals surface area contributed by atoms with Gasteiger partial charge < -0.3 is 10.2 Å². The van der Waals surface area contributed by atoms with E-state index in [4.69, 9.17) is 0 Å². The molecule has 1 heterocycles. The summed E-state index contributed by atoms with van der Waals surface area (Å²) in [5.41, 5.74) is 0. The van der Waals surface area contributed by atoms with Crippen LogP contribution in [0.2, 0.25) is 0 Å². The second-order valence-electron chi connectivity index (χ2n) is 6.46. The lowest BCUT2D eigenvalue weighted by Crippen LogP contribution is -2.43. The van der Waals surface area contributed by atoms with Gasteiger partial charge in [-0.2, -0.15) is 0 Å². The largest absolute Gasteiger partial charge is 0.314 e. The lowest BCUT2D eigenvalue weighted by molar-refractivity contribution is 0.0977. The predicted molar refractivity (Wildman–Crippen MR) is 74.2 cm³/mol. The van der Waals surface area contributed by atoms with Gasteiger partial charge in [0, 0.05) is 18.6 Å². The zero-order chi connectivity index (χ0) is 12.3. The molecule has 0 aromatic heterocycles. The van der Waals surface area contributed by atoms with Crippen LogP contribution < -0.4 is 5.32 Å². The van der Waals surface area contributed by atoms with Crippen molar-refractivity contribution in [2.24, 2.45) is 11.8 Å². The van der Waals surface area contributed by atoms with Gasteiger partial charge in [-0.15, -0.1) is 0 Å². The first-order valence-corrected chi connectivity index (χ1v) is 7.64. The molecule has 1 saturated heterocycles. The van der Waals surface area contributed by atoms with Crippen LogP contribution in [0.25, 0.3) is 0 Å². The summed E-state index contributed by atoms with van der Waals surface area (Å²) < 4.78 is 0. The Morgan fingerprint density at radius 2 is 1.94 bits per heavy atom. The number of piperidine rings is 1. The van der Waals surface area contributed by atoms with Crippen LogP contribution in [0.15, 0.2) is 0 Å². The maximum atomic E-state index is 3.61. The minimum atomic E-state index is 0.783. The van der Waals surface area contributed by atoms with Crippen LogP contribution in [0.4, 0.5) is 0 Å². The number of hydrogen-bond acceptors (Lipinski definition) is 2. The van der Waals surface area contributed by atoms with Crippen molar-refractivity contribution in [3.05, 3.63) is 0 Å². The third kappa shape index (κ3) is 4.26. The van der Waals surface area contributed by atoms with Crippen LogP contribution in [0.5, 0.6) is 0 Å². The number of hydrogen-bond donors (Lipinski definition) is 1. The molecule has 0 amide bonds. The molecule has 17 heavy (non-hydrogen) atoms. The van der Waals surface area contributed by atoms with Gasteiger partial charge in [0.1, 0.15) is 0 Å². The zero-order valence-electron chi connectivity index (χ0n) is 11.9. The lowest BCUT2D eigenvalue weighted by atomic mass is 9.88. The van der Waals surface area contributed by atoms with Crippen molar-refractivity contribution in [3.8, 4) is 0 Å². The van der Waals surface area contributed by atoms with Crippen LogP contribution in [0.3, 0.4) is 0 Å². The van der Waals surface area contributed by atoms with Crippen molar-refractivity contribution in [1.82, 2.24) is 10.2 Å². The quantitative estimate of drug-likeness (QED) is 0.716. The summed E-state index contributed by atoms with van der Waals surface area (Å²) in [7, 11) is 0. The number of likely N-dealkylation sites (tertiary alicyclic amines) is 1. The van der Waals surface area contributed by atoms with Gasteiger partial charge in [-0.1, -0.05) is 13.8 Å². The van der Waals surface area contributed by atoms with E-state index in [0.29, 0.717) is 0 Å². The van der Waals surface area contributed by atoms with Crippen molar-refractivity contribution >= 4 is 0 Å². The molecule has 2 aliphatic rings. The first-order valence-electron chi connectivity index (χ1n) is 7.64. The van der Waals surface area contributed by atoms with E-state index in [-0.39, 0.29) is 0 Å².